The number of benzene rings is 2. The maximum atomic E-state index is 12.7. The molecule has 28 heavy (non-hydrogen) atoms. The van der Waals surface area contributed by atoms with Crippen LogP contribution in [0.3, 0.4) is 0 Å². The largest absolute Gasteiger partial charge is 0.497 e. The predicted molar refractivity (Wildman–Crippen MR) is 113 cm³/mol. The van der Waals surface area contributed by atoms with Crippen molar-refractivity contribution in [3.63, 3.8) is 0 Å². The number of amidine groups is 1. The van der Waals surface area contributed by atoms with E-state index in [4.69, 9.17) is 9.47 Å². The lowest BCUT2D eigenvalue weighted by Crippen LogP contribution is -2.31. The molecule has 1 aliphatic rings. The molecule has 1 amide bonds. The summed E-state index contributed by atoms with van der Waals surface area (Å²) in [5.74, 6) is 1.65. The van der Waals surface area contributed by atoms with Gasteiger partial charge in [-0.2, -0.15) is 5.10 Å². The molecule has 0 aliphatic carbocycles. The van der Waals surface area contributed by atoms with Crippen LogP contribution in [0.15, 0.2) is 58.7 Å². The van der Waals surface area contributed by atoms with Gasteiger partial charge in [-0.05, 0) is 53.9 Å². The van der Waals surface area contributed by atoms with E-state index in [1.807, 2.05) is 55.5 Å². The summed E-state index contributed by atoms with van der Waals surface area (Å²) in [7, 11) is 3.26. The van der Waals surface area contributed by atoms with Gasteiger partial charge in [0.15, 0.2) is 5.17 Å². The van der Waals surface area contributed by atoms with E-state index in [1.165, 1.54) is 11.8 Å². The molecule has 1 saturated heterocycles. The molecule has 2 aromatic carbocycles. The van der Waals surface area contributed by atoms with Crippen molar-refractivity contribution in [2.45, 2.75) is 25.1 Å². The van der Waals surface area contributed by atoms with Gasteiger partial charge >= 0.3 is 0 Å². The number of nitrogens with zero attached hydrogens (tertiary/aromatic N) is 3. The van der Waals surface area contributed by atoms with Crippen LogP contribution in [-0.2, 0) is 11.3 Å². The highest BCUT2D eigenvalue weighted by atomic mass is 32.2. The van der Waals surface area contributed by atoms with Crippen LogP contribution in [0.4, 0.5) is 0 Å². The normalized spacial score (nSPS) is 18.2. The van der Waals surface area contributed by atoms with Gasteiger partial charge in [-0.25, -0.2) is 0 Å². The van der Waals surface area contributed by atoms with Crippen molar-refractivity contribution in [3.05, 3.63) is 59.7 Å². The van der Waals surface area contributed by atoms with Gasteiger partial charge in [-0.3, -0.25) is 9.69 Å². The summed E-state index contributed by atoms with van der Waals surface area (Å²) < 4.78 is 10.3. The summed E-state index contributed by atoms with van der Waals surface area (Å²) in [6.07, 6.45) is 2.42. The van der Waals surface area contributed by atoms with E-state index in [2.05, 4.69) is 10.2 Å². The molecule has 146 valence electrons. The first-order valence-corrected chi connectivity index (χ1v) is 9.88. The fourth-order valence-electron chi connectivity index (χ4n) is 2.74. The molecule has 1 aliphatic heterocycles. The minimum atomic E-state index is -0.117. The van der Waals surface area contributed by atoms with Gasteiger partial charge in [0.25, 0.3) is 0 Å². The zero-order chi connectivity index (χ0) is 19.9. The molecule has 0 saturated carbocycles. The van der Waals surface area contributed by atoms with Crippen LogP contribution in [-0.4, -0.2) is 41.7 Å². The first-order valence-electron chi connectivity index (χ1n) is 9.00. The lowest BCUT2D eigenvalue weighted by Gasteiger charge is -2.16. The third-order valence-corrected chi connectivity index (χ3v) is 5.69. The van der Waals surface area contributed by atoms with Crippen molar-refractivity contribution in [2.75, 3.05) is 14.2 Å². The van der Waals surface area contributed by atoms with Gasteiger partial charge in [0.1, 0.15) is 11.5 Å². The molecule has 0 N–H and O–H groups in total. The summed E-state index contributed by atoms with van der Waals surface area (Å²) in [6, 6.07) is 15.2. The molecule has 0 spiro atoms. The number of ether oxygens (including phenoxy) is 2. The second kappa shape index (κ2) is 9.41. The zero-order valence-electron chi connectivity index (χ0n) is 16.2. The molecular weight excluding hydrogens is 374 g/mol. The molecule has 2 aromatic rings. The van der Waals surface area contributed by atoms with E-state index < -0.39 is 0 Å². The van der Waals surface area contributed by atoms with E-state index >= 15 is 0 Å². The lowest BCUT2D eigenvalue weighted by atomic mass is 10.2. The molecule has 3 rings (SSSR count). The minimum absolute atomic E-state index is 0.0710. The van der Waals surface area contributed by atoms with Crippen LogP contribution < -0.4 is 9.47 Å². The highest BCUT2D eigenvalue weighted by molar-refractivity contribution is 8.15. The number of hydrogen-bond acceptors (Lipinski definition) is 6. The molecule has 1 heterocycles. The maximum absolute atomic E-state index is 12.7. The van der Waals surface area contributed by atoms with Crippen molar-refractivity contribution in [3.8, 4) is 11.5 Å². The Bertz CT molecular complexity index is 863. The number of carbonyl (C=O) groups excluding carboxylic acids is 1. The Labute approximate surface area is 169 Å². The highest BCUT2D eigenvalue weighted by Gasteiger charge is 2.36. The third-order valence-electron chi connectivity index (χ3n) is 4.36. The van der Waals surface area contributed by atoms with Crippen LogP contribution in [0.25, 0.3) is 0 Å². The third kappa shape index (κ3) is 4.72. The molecule has 0 radical (unpaired) electrons. The average molecular weight is 398 g/mol. The average Bonchev–Trinajstić information content (AvgIpc) is 3.04. The topological polar surface area (TPSA) is 63.5 Å². The number of methoxy groups -OCH3 is 2. The van der Waals surface area contributed by atoms with Crippen molar-refractivity contribution < 1.29 is 14.3 Å². The Morgan fingerprint density at radius 1 is 1.04 bits per heavy atom. The van der Waals surface area contributed by atoms with E-state index in [-0.39, 0.29) is 11.2 Å². The summed E-state index contributed by atoms with van der Waals surface area (Å²) in [4.78, 5) is 14.4. The Morgan fingerprint density at radius 2 is 1.64 bits per heavy atom. The van der Waals surface area contributed by atoms with Crippen LogP contribution in [0, 0.1) is 0 Å². The summed E-state index contributed by atoms with van der Waals surface area (Å²) in [6.45, 7) is 2.47. The molecule has 1 fully saturated rings. The van der Waals surface area contributed by atoms with Crippen molar-refractivity contribution in [1.82, 2.24) is 4.90 Å². The number of amides is 1. The first kappa shape index (κ1) is 19.9. The van der Waals surface area contributed by atoms with Gasteiger partial charge in [0.05, 0.1) is 32.2 Å². The Kier molecular flexibility index (Phi) is 6.71. The summed E-state index contributed by atoms with van der Waals surface area (Å²) in [5.41, 5.74) is 1.92. The van der Waals surface area contributed by atoms with Gasteiger partial charge in [0.2, 0.25) is 5.91 Å². The minimum Gasteiger partial charge on any atom is -0.497 e. The zero-order valence-corrected chi connectivity index (χ0v) is 17.0. The molecule has 0 unspecified atom stereocenters. The standard InChI is InChI=1S/C21H23N3O3S/c1-4-19-20(25)24(14-16-7-11-18(27-3)12-8-16)21(28-19)23-22-13-15-5-9-17(26-2)10-6-15/h5-13,19H,4,14H2,1-3H3/b22-13-,23-21+/t19-/m1/s1. The van der Waals surface area contributed by atoms with Gasteiger partial charge in [-0.1, -0.05) is 30.8 Å². The summed E-state index contributed by atoms with van der Waals surface area (Å²) in [5, 5.41) is 9.01. The van der Waals surface area contributed by atoms with Gasteiger partial charge < -0.3 is 9.47 Å². The Balaban J connectivity index is 1.76. The van der Waals surface area contributed by atoms with Gasteiger partial charge in [0, 0.05) is 0 Å². The van der Waals surface area contributed by atoms with E-state index in [0.29, 0.717) is 11.7 Å². The van der Waals surface area contributed by atoms with E-state index in [1.54, 1.807) is 25.3 Å². The Morgan fingerprint density at radius 3 is 2.21 bits per heavy atom. The molecule has 0 aromatic heterocycles. The number of rotatable bonds is 7. The summed E-state index contributed by atoms with van der Waals surface area (Å²) >= 11 is 1.46. The SMILES string of the molecule is CC[C@H]1S/C(=N/N=C\c2ccc(OC)cc2)N(Cc2ccc(OC)cc2)C1=O. The first-order chi connectivity index (χ1) is 13.6. The van der Waals surface area contributed by atoms with E-state index in [9.17, 15) is 4.79 Å². The highest BCUT2D eigenvalue weighted by Crippen LogP contribution is 2.31. The van der Waals surface area contributed by atoms with Crippen LogP contribution in [0.5, 0.6) is 11.5 Å². The fraction of sp³-hybridized carbons (Fsp3) is 0.286. The Hall–Kier alpha value is -2.80. The number of carbonyl (C=O) groups is 1. The lowest BCUT2D eigenvalue weighted by molar-refractivity contribution is -0.126. The van der Waals surface area contributed by atoms with Crippen molar-refractivity contribution in [1.29, 1.82) is 0 Å². The number of thioether (sulfide) groups is 1. The molecular formula is C21H23N3O3S. The van der Waals surface area contributed by atoms with Crippen LogP contribution >= 0.6 is 11.8 Å². The quantitative estimate of drug-likeness (QED) is 0.524. The van der Waals surface area contributed by atoms with Crippen LogP contribution in [0.1, 0.15) is 24.5 Å². The maximum Gasteiger partial charge on any atom is 0.242 e. The van der Waals surface area contributed by atoms with E-state index in [0.717, 1.165) is 29.0 Å². The molecule has 7 heteroatoms. The van der Waals surface area contributed by atoms with Crippen molar-refractivity contribution in [2.24, 2.45) is 10.2 Å². The molecule has 6 nitrogen and oxygen atoms in total. The van der Waals surface area contributed by atoms with Crippen LogP contribution in [0.2, 0.25) is 0 Å². The molecule has 0 bridgehead atoms. The molecule has 1 atom stereocenters. The monoisotopic (exact) mass is 397 g/mol. The smallest absolute Gasteiger partial charge is 0.242 e. The number of hydrogen-bond donors (Lipinski definition) is 0. The van der Waals surface area contributed by atoms with Gasteiger partial charge in [-0.15, -0.1) is 5.10 Å². The second-order valence-corrected chi connectivity index (χ2v) is 7.36. The fourth-order valence-corrected chi connectivity index (χ4v) is 3.76. The predicted octanol–water partition coefficient (Wildman–Crippen LogP) is 3.95. The van der Waals surface area contributed by atoms with Crippen molar-refractivity contribution >= 4 is 29.1 Å². The second-order valence-electron chi connectivity index (χ2n) is 6.19.